The van der Waals surface area contributed by atoms with Gasteiger partial charge in [0.2, 0.25) is 0 Å². The van der Waals surface area contributed by atoms with Gasteiger partial charge in [-0.3, -0.25) is 0 Å². The van der Waals surface area contributed by atoms with Crippen molar-refractivity contribution in [1.82, 2.24) is 4.98 Å². The van der Waals surface area contributed by atoms with Gasteiger partial charge in [-0.25, -0.2) is 9.78 Å². The van der Waals surface area contributed by atoms with Crippen molar-refractivity contribution in [2.75, 3.05) is 29.9 Å². The molecule has 1 aromatic heterocycles. The van der Waals surface area contributed by atoms with Crippen LogP contribution in [0, 0.1) is 18.3 Å². The predicted octanol–water partition coefficient (Wildman–Crippen LogP) is 5.32. The maximum atomic E-state index is 12.6. The summed E-state index contributed by atoms with van der Waals surface area (Å²) in [6, 6.07) is 9.81. The molecule has 0 saturated carbocycles. The van der Waals surface area contributed by atoms with Crippen molar-refractivity contribution in [2.45, 2.75) is 47.0 Å². The third kappa shape index (κ3) is 4.99. The third-order valence-electron chi connectivity index (χ3n) is 5.31. The number of rotatable bonds is 7. The quantitative estimate of drug-likeness (QED) is 0.478. The van der Waals surface area contributed by atoms with Crippen LogP contribution in [-0.4, -0.2) is 36.4 Å². The number of aromatic nitrogens is 1. The largest absolute Gasteiger partial charge is 0.461 e. The lowest BCUT2D eigenvalue weighted by atomic mass is 9.96. The summed E-state index contributed by atoms with van der Waals surface area (Å²) < 4.78 is 5.24. The second-order valence-electron chi connectivity index (χ2n) is 8.08. The number of hydrogen-bond acceptors (Lipinski definition) is 6. The van der Waals surface area contributed by atoms with Gasteiger partial charge >= 0.3 is 5.97 Å². The van der Waals surface area contributed by atoms with Gasteiger partial charge in [-0.2, -0.15) is 0 Å². The van der Waals surface area contributed by atoms with Crippen LogP contribution >= 0.6 is 0 Å². The Labute approximate surface area is 179 Å². The molecular formula is C24H32N4O2. The van der Waals surface area contributed by atoms with Gasteiger partial charge in [0.1, 0.15) is 5.82 Å². The highest BCUT2D eigenvalue weighted by molar-refractivity contribution is 6.09. The van der Waals surface area contributed by atoms with E-state index in [-0.39, 0.29) is 11.6 Å². The number of nitrogens with one attached hydrogen (secondary N) is 2. The molecule has 1 aliphatic rings. The molecule has 6 nitrogen and oxygen atoms in total. The zero-order valence-electron chi connectivity index (χ0n) is 18.4. The molecule has 30 heavy (non-hydrogen) atoms. The van der Waals surface area contributed by atoms with Gasteiger partial charge in [0.05, 0.1) is 17.9 Å². The van der Waals surface area contributed by atoms with Gasteiger partial charge in [-0.1, -0.05) is 26.0 Å². The summed E-state index contributed by atoms with van der Waals surface area (Å²) in [7, 11) is 0. The zero-order valence-corrected chi connectivity index (χ0v) is 18.4. The SMILES string of the molecule is CCOC(=O)c1cc(N2CCCCC2)c(C(=N)C(C)C)c(Nc2cccc(C)c2)n1. The monoisotopic (exact) mass is 408 g/mol. The normalized spacial score (nSPS) is 14.0. The molecule has 3 rings (SSSR count). The van der Waals surface area contributed by atoms with Crippen LogP contribution in [0.25, 0.3) is 0 Å². The maximum Gasteiger partial charge on any atom is 0.357 e. The van der Waals surface area contributed by atoms with Gasteiger partial charge in [-0.05, 0) is 62.8 Å². The Hall–Kier alpha value is -2.89. The number of ether oxygens (including phenoxy) is 1. The molecule has 1 fully saturated rings. The number of esters is 1. The Kier molecular flexibility index (Phi) is 7.08. The fourth-order valence-corrected chi connectivity index (χ4v) is 3.73. The average Bonchev–Trinajstić information content (AvgIpc) is 2.73. The molecule has 0 amide bonds. The Bertz CT molecular complexity index is 917. The molecule has 2 heterocycles. The van der Waals surface area contributed by atoms with E-state index in [4.69, 9.17) is 10.1 Å². The topological polar surface area (TPSA) is 78.3 Å². The van der Waals surface area contributed by atoms with Crippen LogP contribution in [0.4, 0.5) is 17.2 Å². The molecular weight excluding hydrogens is 376 g/mol. The van der Waals surface area contributed by atoms with Gasteiger partial charge in [0.25, 0.3) is 0 Å². The fraction of sp³-hybridized carbons (Fsp3) is 0.458. The van der Waals surface area contributed by atoms with Gasteiger partial charge in [0, 0.05) is 24.5 Å². The molecule has 0 atom stereocenters. The number of benzene rings is 1. The van der Waals surface area contributed by atoms with Crippen molar-refractivity contribution >= 4 is 28.9 Å². The Balaban J connectivity index is 2.17. The highest BCUT2D eigenvalue weighted by Crippen LogP contribution is 2.33. The van der Waals surface area contributed by atoms with Crippen LogP contribution in [0.3, 0.4) is 0 Å². The number of carbonyl (C=O) groups excluding carboxylic acids is 1. The van der Waals surface area contributed by atoms with E-state index in [0.717, 1.165) is 48.4 Å². The summed E-state index contributed by atoms with van der Waals surface area (Å²) in [4.78, 5) is 19.5. The second-order valence-corrected chi connectivity index (χ2v) is 8.08. The molecule has 1 aliphatic heterocycles. The van der Waals surface area contributed by atoms with Crippen molar-refractivity contribution in [3.8, 4) is 0 Å². The first-order chi connectivity index (χ1) is 14.4. The van der Waals surface area contributed by atoms with E-state index in [2.05, 4.69) is 15.2 Å². The van der Waals surface area contributed by atoms with Gasteiger partial charge in [0.15, 0.2) is 5.69 Å². The number of aryl methyl sites for hydroxylation is 1. The standard InChI is InChI=1S/C24H32N4O2/c1-5-30-24(29)19-15-20(28-12-7-6-8-13-28)21(22(25)16(2)3)23(27-19)26-18-11-9-10-17(4)14-18/h9-11,14-16,25H,5-8,12-13H2,1-4H3,(H,26,27). The third-order valence-corrected chi connectivity index (χ3v) is 5.31. The number of nitrogens with zero attached hydrogens (tertiary/aromatic N) is 2. The van der Waals surface area contributed by atoms with E-state index in [1.165, 1.54) is 6.42 Å². The molecule has 2 N–H and O–H groups in total. The molecule has 0 spiro atoms. The van der Waals surface area contributed by atoms with Crippen LogP contribution in [-0.2, 0) is 4.74 Å². The number of anilines is 3. The number of hydrogen-bond donors (Lipinski definition) is 2. The van der Waals surface area contributed by atoms with Crippen molar-refractivity contribution in [1.29, 1.82) is 5.41 Å². The fourth-order valence-electron chi connectivity index (χ4n) is 3.73. The minimum absolute atomic E-state index is 0.0295. The first-order valence-corrected chi connectivity index (χ1v) is 10.8. The Morgan fingerprint density at radius 3 is 2.60 bits per heavy atom. The van der Waals surface area contributed by atoms with Gasteiger partial charge in [-0.15, -0.1) is 0 Å². The molecule has 0 unspecified atom stereocenters. The number of pyridine rings is 1. The summed E-state index contributed by atoms with van der Waals surface area (Å²) in [6.07, 6.45) is 3.41. The molecule has 1 aromatic carbocycles. The van der Waals surface area contributed by atoms with E-state index in [9.17, 15) is 4.79 Å². The summed E-state index contributed by atoms with van der Waals surface area (Å²) >= 11 is 0. The molecule has 0 aliphatic carbocycles. The molecule has 6 heteroatoms. The molecule has 160 valence electrons. The van der Waals surface area contributed by atoms with Crippen LogP contribution in [0.1, 0.15) is 61.6 Å². The van der Waals surface area contributed by atoms with Gasteiger partial charge < -0.3 is 20.4 Å². The van der Waals surface area contributed by atoms with Crippen molar-refractivity contribution in [3.63, 3.8) is 0 Å². The molecule has 1 saturated heterocycles. The lowest BCUT2D eigenvalue weighted by molar-refractivity contribution is 0.0519. The van der Waals surface area contributed by atoms with E-state index in [1.807, 2.05) is 45.0 Å². The molecule has 2 aromatic rings. The van der Waals surface area contributed by atoms with Crippen molar-refractivity contribution < 1.29 is 9.53 Å². The molecule has 0 radical (unpaired) electrons. The van der Waals surface area contributed by atoms with Crippen LogP contribution in [0.2, 0.25) is 0 Å². The molecule has 0 bridgehead atoms. The van der Waals surface area contributed by atoms with Crippen molar-refractivity contribution in [3.05, 3.63) is 47.2 Å². The van der Waals surface area contributed by atoms with E-state index in [0.29, 0.717) is 18.1 Å². The first kappa shape index (κ1) is 21.8. The predicted molar refractivity (Wildman–Crippen MR) is 122 cm³/mol. The maximum absolute atomic E-state index is 12.6. The Morgan fingerprint density at radius 2 is 1.97 bits per heavy atom. The lowest BCUT2D eigenvalue weighted by Crippen LogP contribution is -2.32. The lowest BCUT2D eigenvalue weighted by Gasteiger charge is -2.32. The highest BCUT2D eigenvalue weighted by Gasteiger charge is 2.26. The summed E-state index contributed by atoms with van der Waals surface area (Å²) in [5.74, 6) is 0.123. The second kappa shape index (κ2) is 9.74. The van der Waals surface area contributed by atoms with Crippen molar-refractivity contribution in [2.24, 2.45) is 5.92 Å². The summed E-state index contributed by atoms with van der Waals surface area (Å²) in [5.41, 5.74) is 4.44. The van der Waals surface area contributed by atoms with Crippen LogP contribution in [0.5, 0.6) is 0 Å². The van der Waals surface area contributed by atoms with E-state index >= 15 is 0 Å². The van der Waals surface area contributed by atoms with E-state index in [1.54, 1.807) is 13.0 Å². The minimum Gasteiger partial charge on any atom is -0.461 e. The highest BCUT2D eigenvalue weighted by atomic mass is 16.5. The first-order valence-electron chi connectivity index (χ1n) is 10.8. The average molecular weight is 409 g/mol. The number of carbonyl (C=O) groups is 1. The zero-order chi connectivity index (χ0) is 21.7. The van der Waals surface area contributed by atoms with Crippen LogP contribution < -0.4 is 10.2 Å². The number of piperidine rings is 1. The van der Waals surface area contributed by atoms with Crippen LogP contribution in [0.15, 0.2) is 30.3 Å². The minimum atomic E-state index is -0.439. The summed E-state index contributed by atoms with van der Waals surface area (Å²) in [5, 5.41) is 12.2. The smallest absolute Gasteiger partial charge is 0.357 e. The van der Waals surface area contributed by atoms with E-state index < -0.39 is 5.97 Å². The summed E-state index contributed by atoms with van der Waals surface area (Å²) in [6.45, 7) is 9.96. The Morgan fingerprint density at radius 1 is 1.23 bits per heavy atom.